The highest BCUT2D eigenvalue weighted by molar-refractivity contribution is 5.70. The fourth-order valence-corrected chi connectivity index (χ4v) is 4.02. The summed E-state index contributed by atoms with van der Waals surface area (Å²) in [7, 11) is 0. The van der Waals surface area contributed by atoms with E-state index in [4.69, 9.17) is 19.7 Å². The summed E-state index contributed by atoms with van der Waals surface area (Å²) in [4.78, 5) is 8.78. The van der Waals surface area contributed by atoms with Crippen LogP contribution in [-0.2, 0) is 9.53 Å². The zero-order valence-electron chi connectivity index (χ0n) is 22.1. The molecular formula is C26H52F3NO4. The van der Waals surface area contributed by atoms with E-state index in [1.165, 1.54) is 114 Å². The van der Waals surface area contributed by atoms with Crippen molar-refractivity contribution in [3.8, 4) is 0 Å². The molecule has 0 aliphatic carbocycles. The van der Waals surface area contributed by atoms with Gasteiger partial charge in [-0.25, -0.2) is 0 Å². The Balaban J connectivity index is 0. The molecule has 1 N–H and O–H groups in total. The molecule has 5 nitrogen and oxygen atoms in total. The summed E-state index contributed by atoms with van der Waals surface area (Å²) in [5.74, 6) is -3.01. The van der Waals surface area contributed by atoms with Crippen molar-refractivity contribution in [1.29, 1.82) is 0 Å². The number of halogens is 3. The monoisotopic (exact) mass is 499 g/mol. The van der Waals surface area contributed by atoms with E-state index in [1.54, 1.807) is 0 Å². The zero-order valence-corrected chi connectivity index (χ0v) is 22.1. The first-order valence-electron chi connectivity index (χ1n) is 13.5. The van der Waals surface area contributed by atoms with Gasteiger partial charge >= 0.3 is 6.18 Å². The molecule has 0 unspecified atom stereocenters. The van der Waals surface area contributed by atoms with Gasteiger partial charge in [-0.1, -0.05) is 85.0 Å². The van der Waals surface area contributed by atoms with Crippen molar-refractivity contribution in [2.45, 2.75) is 117 Å². The van der Waals surface area contributed by atoms with Gasteiger partial charge < -0.3 is 24.2 Å². The number of hydrogen-bond acceptors (Lipinski definition) is 4. The molecule has 0 fully saturated rings. The lowest BCUT2D eigenvalue weighted by Gasteiger charge is -2.39. The Morgan fingerprint density at radius 2 is 1.09 bits per heavy atom. The van der Waals surface area contributed by atoms with Crippen LogP contribution in [0.3, 0.4) is 0 Å². The first-order chi connectivity index (χ1) is 16.2. The van der Waals surface area contributed by atoms with Crippen LogP contribution in [0.25, 0.3) is 0 Å². The maximum absolute atomic E-state index is 10.5. The highest BCUT2D eigenvalue weighted by Crippen LogP contribution is 2.17. The second-order valence-electron chi connectivity index (χ2n) is 9.25. The summed E-state index contributed by atoms with van der Waals surface area (Å²) in [6, 6.07) is 0. The number of aliphatic hydroxyl groups excluding tert-OH is 1. The third-order valence-corrected chi connectivity index (χ3v) is 6.14. The summed E-state index contributed by atoms with van der Waals surface area (Å²) >= 11 is 0. The average molecular weight is 500 g/mol. The summed E-state index contributed by atoms with van der Waals surface area (Å²) in [5.41, 5.74) is 0. The predicted molar refractivity (Wildman–Crippen MR) is 130 cm³/mol. The van der Waals surface area contributed by atoms with Crippen LogP contribution in [0, 0.1) is 0 Å². The normalized spacial score (nSPS) is 11.9. The highest BCUT2D eigenvalue weighted by Gasteiger charge is 2.29. The number of carbonyl (C=O) groups excluding carboxylic acids is 1. The van der Waals surface area contributed by atoms with Crippen molar-refractivity contribution in [2.24, 2.45) is 0 Å². The van der Waals surface area contributed by atoms with Gasteiger partial charge in [0.15, 0.2) is 0 Å². The third kappa shape index (κ3) is 22.9. The molecule has 0 aromatic carbocycles. The maximum atomic E-state index is 10.5. The lowest BCUT2D eigenvalue weighted by Crippen LogP contribution is -2.52. The van der Waals surface area contributed by atoms with Crippen molar-refractivity contribution >= 4 is 5.97 Å². The van der Waals surface area contributed by atoms with Gasteiger partial charge in [-0.2, -0.15) is 13.2 Å². The Morgan fingerprint density at radius 1 is 0.706 bits per heavy atom. The van der Waals surface area contributed by atoms with Crippen molar-refractivity contribution in [1.82, 2.24) is 0 Å². The Kier molecular flexibility index (Phi) is 24.8. The number of alkyl halides is 3. The smallest absolute Gasteiger partial charge is 0.430 e. The van der Waals surface area contributed by atoms with E-state index < -0.39 is 12.1 Å². The van der Waals surface area contributed by atoms with Crippen LogP contribution in [0.15, 0.2) is 0 Å². The minimum atomic E-state index is -5.19. The van der Waals surface area contributed by atoms with Crippen molar-refractivity contribution in [2.75, 3.05) is 46.0 Å². The molecule has 34 heavy (non-hydrogen) atoms. The molecule has 0 atom stereocenters. The molecule has 0 rings (SSSR count). The molecule has 0 bridgehead atoms. The standard InChI is InChI=1S/C24H52NO2.C2HF3O2/c1-4-7-10-11-12-13-14-15-16-17-20-25(18-8-5-2,19-9-6-3)21-23-27-24-22-26;3-2(4,5)1(6)7/h26H,4-24H2,1-3H3;(H,6,7)/q+1;/p-1. The van der Waals surface area contributed by atoms with Gasteiger partial charge in [0.2, 0.25) is 0 Å². The first-order valence-corrected chi connectivity index (χ1v) is 13.5. The molecule has 0 aliphatic heterocycles. The minimum Gasteiger partial charge on any atom is -0.542 e. The Bertz CT molecular complexity index is 440. The van der Waals surface area contributed by atoms with Gasteiger partial charge in [0.25, 0.3) is 0 Å². The summed E-state index contributed by atoms with van der Waals surface area (Å²) < 4.78 is 38.4. The largest absolute Gasteiger partial charge is 0.542 e. The topological polar surface area (TPSA) is 69.6 Å². The van der Waals surface area contributed by atoms with Crippen molar-refractivity contribution in [3.63, 3.8) is 0 Å². The summed E-state index contributed by atoms with van der Waals surface area (Å²) in [5, 5.41) is 17.7. The van der Waals surface area contributed by atoms with Crippen molar-refractivity contribution in [3.05, 3.63) is 0 Å². The maximum Gasteiger partial charge on any atom is 0.430 e. The van der Waals surface area contributed by atoms with Gasteiger partial charge in [0.05, 0.1) is 39.5 Å². The van der Waals surface area contributed by atoms with E-state index in [2.05, 4.69) is 20.8 Å². The van der Waals surface area contributed by atoms with Gasteiger partial charge in [-0.3, -0.25) is 0 Å². The second kappa shape index (κ2) is 23.9. The molecule has 0 spiro atoms. The van der Waals surface area contributed by atoms with E-state index in [9.17, 15) is 13.2 Å². The Hall–Kier alpha value is -0.860. The van der Waals surface area contributed by atoms with Crippen LogP contribution in [0.5, 0.6) is 0 Å². The molecule has 0 heterocycles. The molecule has 0 aromatic rings. The van der Waals surface area contributed by atoms with E-state index >= 15 is 0 Å². The van der Waals surface area contributed by atoms with E-state index in [0.717, 1.165) is 13.2 Å². The average Bonchev–Trinajstić information content (AvgIpc) is 2.80. The van der Waals surface area contributed by atoms with Gasteiger partial charge in [0.1, 0.15) is 12.5 Å². The molecule has 0 aliphatic rings. The van der Waals surface area contributed by atoms with E-state index in [1.807, 2.05) is 0 Å². The number of rotatable bonds is 22. The first kappa shape index (κ1) is 35.3. The van der Waals surface area contributed by atoms with Gasteiger partial charge in [0, 0.05) is 0 Å². The SMILES string of the molecule is CCCCCCCCCCCC[N+](CCCC)(CCCC)CCOCCO.O=C([O-])C(F)(F)F. The van der Waals surface area contributed by atoms with Crippen molar-refractivity contribution < 1.29 is 37.4 Å². The number of ether oxygens (including phenoxy) is 1. The number of nitrogens with zero attached hydrogens (tertiary/aromatic N) is 1. The number of carboxylic acid groups (broad SMARTS) is 1. The van der Waals surface area contributed by atoms with E-state index in [0.29, 0.717) is 6.61 Å². The Labute approximate surface area is 206 Å². The predicted octanol–water partition coefficient (Wildman–Crippen LogP) is 5.63. The number of carboxylic acids is 1. The Morgan fingerprint density at radius 3 is 1.47 bits per heavy atom. The lowest BCUT2D eigenvalue weighted by molar-refractivity contribution is -0.929. The third-order valence-electron chi connectivity index (χ3n) is 6.14. The fraction of sp³-hybridized carbons (Fsp3) is 0.962. The molecule has 0 saturated carbocycles. The number of aliphatic hydroxyl groups is 1. The molecule has 0 amide bonds. The molecular weight excluding hydrogens is 447 g/mol. The molecule has 0 radical (unpaired) electrons. The van der Waals surface area contributed by atoms with Crippen LogP contribution < -0.4 is 5.11 Å². The van der Waals surface area contributed by atoms with Gasteiger partial charge in [-0.05, 0) is 25.7 Å². The molecule has 206 valence electrons. The lowest BCUT2D eigenvalue weighted by atomic mass is 10.1. The quantitative estimate of drug-likeness (QED) is 0.155. The zero-order chi connectivity index (χ0) is 26.1. The number of hydrogen-bond donors (Lipinski definition) is 1. The number of aliphatic carboxylic acids is 1. The van der Waals surface area contributed by atoms with Crippen LogP contribution in [0.4, 0.5) is 13.2 Å². The van der Waals surface area contributed by atoms with Crippen LogP contribution >= 0.6 is 0 Å². The minimum absolute atomic E-state index is 0.141. The summed E-state index contributed by atoms with van der Waals surface area (Å²) in [6.07, 6.45) is 14.1. The van der Waals surface area contributed by atoms with Crippen LogP contribution in [-0.4, -0.2) is 67.7 Å². The van der Waals surface area contributed by atoms with E-state index in [-0.39, 0.29) is 6.61 Å². The second-order valence-corrected chi connectivity index (χ2v) is 9.25. The van der Waals surface area contributed by atoms with Gasteiger partial charge in [-0.15, -0.1) is 0 Å². The molecule has 0 aromatic heterocycles. The summed E-state index contributed by atoms with van der Waals surface area (Å²) in [6.45, 7) is 13.4. The number of quaternary nitrogens is 1. The highest BCUT2D eigenvalue weighted by atomic mass is 19.4. The number of carbonyl (C=O) groups is 1. The molecule has 0 saturated heterocycles. The molecule has 8 heteroatoms. The van der Waals surface area contributed by atoms with Crippen LogP contribution in [0.2, 0.25) is 0 Å². The fourth-order valence-electron chi connectivity index (χ4n) is 4.02. The number of unbranched alkanes of at least 4 members (excludes halogenated alkanes) is 11. The van der Waals surface area contributed by atoms with Crippen LogP contribution in [0.1, 0.15) is 111 Å².